The molecule has 1 fully saturated rings. The summed E-state index contributed by atoms with van der Waals surface area (Å²) in [5.74, 6) is 0.747. The Bertz CT molecular complexity index is 1150. The van der Waals surface area contributed by atoms with Crippen LogP contribution >= 0.6 is 0 Å². The number of para-hydroxylation sites is 1. The van der Waals surface area contributed by atoms with E-state index in [0.29, 0.717) is 12.2 Å². The van der Waals surface area contributed by atoms with Crippen LogP contribution < -0.4 is 10.1 Å². The number of nitrogens with one attached hydrogen (secondary N) is 2. The number of aromatic hydroxyl groups is 1. The third-order valence-electron chi connectivity index (χ3n) is 7.59. The molecule has 2 aliphatic heterocycles. The summed E-state index contributed by atoms with van der Waals surface area (Å²) in [5.41, 5.74) is 4.07. The highest BCUT2D eigenvalue weighted by Gasteiger charge is 2.71. The number of rotatable bonds is 0. The molecule has 0 unspecified atom stereocenters. The van der Waals surface area contributed by atoms with E-state index in [0.717, 1.165) is 47.1 Å². The Kier molecular flexibility index (Phi) is 2.33. The number of piperidine rings is 1. The molecule has 1 spiro atoms. The van der Waals surface area contributed by atoms with E-state index in [1.54, 1.807) is 6.07 Å². The van der Waals surface area contributed by atoms with Gasteiger partial charge in [0.2, 0.25) is 0 Å². The van der Waals surface area contributed by atoms with Crippen molar-refractivity contribution in [2.45, 2.75) is 42.4 Å². The number of benzene rings is 2. The lowest BCUT2D eigenvalue weighted by molar-refractivity contribution is -0.134. The average Bonchev–Trinajstić information content (AvgIpc) is 3.18. The molecule has 3 aromatic rings. The molecule has 4 atom stereocenters. The quantitative estimate of drug-likeness (QED) is 0.497. The molecule has 2 aliphatic carbocycles. The minimum atomic E-state index is -0.931. The first-order valence-corrected chi connectivity index (χ1v) is 9.71. The first-order chi connectivity index (χ1) is 13.1. The van der Waals surface area contributed by atoms with E-state index in [1.165, 1.54) is 5.56 Å². The Morgan fingerprint density at radius 3 is 2.96 bits per heavy atom. The number of aromatic amines is 1. The van der Waals surface area contributed by atoms with Crippen LogP contribution in [0.1, 0.15) is 34.9 Å². The topological polar surface area (TPSA) is 77.5 Å². The van der Waals surface area contributed by atoms with E-state index >= 15 is 0 Å². The molecule has 5 nitrogen and oxygen atoms in total. The summed E-state index contributed by atoms with van der Waals surface area (Å²) in [4.78, 5) is 3.58. The van der Waals surface area contributed by atoms with Crippen LogP contribution in [-0.4, -0.2) is 33.4 Å². The maximum Gasteiger partial charge on any atom is 0.166 e. The van der Waals surface area contributed by atoms with Gasteiger partial charge in [0.25, 0.3) is 0 Å². The number of H-pyrrole nitrogens is 1. The van der Waals surface area contributed by atoms with Crippen LogP contribution in [0.5, 0.6) is 11.5 Å². The smallest absolute Gasteiger partial charge is 0.166 e. The van der Waals surface area contributed by atoms with Gasteiger partial charge in [-0.2, -0.15) is 0 Å². The summed E-state index contributed by atoms with van der Waals surface area (Å²) >= 11 is 0. The molecule has 2 aromatic carbocycles. The first kappa shape index (κ1) is 14.5. The maximum atomic E-state index is 12.2. The Labute approximate surface area is 156 Å². The predicted molar refractivity (Wildman–Crippen MR) is 100 cm³/mol. The molecule has 3 heterocycles. The fraction of sp³-hybridized carbons (Fsp3) is 0.364. The Morgan fingerprint density at radius 2 is 2.04 bits per heavy atom. The SMILES string of the molecule is Oc1ccc2c3c1O[C@H]1c4[nH]c5ccccc5c4C[C@@]4(O)[C@@H](C2)NCC[C@]314. The molecule has 0 radical (unpaired) electrons. The lowest BCUT2D eigenvalue weighted by Crippen LogP contribution is -2.73. The molecular weight excluding hydrogens is 340 g/mol. The van der Waals surface area contributed by atoms with E-state index in [-0.39, 0.29) is 17.9 Å². The van der Waals surface area contributed by atoms with Gasteiger partial charge in [-0.3, -0.25) is 0 Å². The number of phenols is 1. The van der Waals surface area contributed by atoms with Gasteiger partial charge in [-0.25, -0.2) is 0 Å². The number of hydrogen-bond donors (Lipinski definition) is 4. The number of aliphatic hydroxyl groups is 1. The number of phenolic OH excluding ortho intramolecular Hbond substituents is 1. The van der Waals surface area contributed by atoms with Crippen molar-refractivity contribution >= 4 is 10.9 Å². The zero-order chi connectivity index (χ0) is 18.0. The van der Waals surface area contributed by atoms with E-state index in [1.807, 2.05) is 18.2 Å². The Balaban J connectivity index is 1.62. The Hall–Kier alpha value is -2.50. The second-order valence-electron chi connectivity index (χ2n) is 8.54. The monoisotopic (exact) mass is 360 g/mol. The van der Waals surface area contributed by atoms with Crippen LogP contribution in [0.15, 0.2) is 36.4 Å². The fourth-order valence-corrected chi connectivity index (χ4v) is 6.53. The Morgan fingerprint density at radius 1 is 1.15 bits per heavy atom. The van der Waals surface area contributed by atoms with Crippen LogP contribution in [0.3, 0.4) is 0 Å². The molecule has 7 rings (SSSR count). The van der Waals surface area contributed by atoms with Gasteiger partial charge in [-0.1, -0.05) is 24.3 Å². The van der Waals surface area contributed by atoms with Crippen LogP contribution in [-0.2, 0) is 18.3 Å². The van der Waals surface area contributed by atoms with Crippen LogP contribution in [0.25, 0.3) is 10.9 Å². The predicted octanol–water partition coefficient (Wildman–Crippen LogP) is 2.45. The molecule has 4 aliphatic rings. The number of hydrogen-bond acceptors (Lipinski definition) is 4. The van der Waals surface area contributed by atoms with Gasteiger partial charge < -0.3 is 25.3 Å². The molecule has 136 valence electrons. The maximum absolute atomic E-state index is 12.2. The van der Waals surface area contributed by atoms with Gasteiger partial charge in [0.1, 0.15) is 0 Å². The molecule has 0 amide bonds. The third-order valence-corrected chi connectivity index (χ3v) is 7.59. The molecule has 4 N–H and O–H groups in total. The van der Waals surface area contributed by atoms with Gasteiger partial charge in [0, 0.05) is 28.9 Å². The summed E-state index contributed by atoms with van der Waals surface area (Å²) in [6.07, 6.45) is 1.85. The van der Waals surface area contributed by atoms with Crippen LogP contribution in [0.4, 0.5) is 0 Å². The highest BCUT2D eigenvalue weighted by Crippen LogP contribution is 2.67. The number of fused-ring (bicyclic) bond motifs is 4. The van der Waals surface area contributed by atoms with Crippen molar-refractivity contribution < 1.29 is 14.9 Å². The minimum absolute atomic E-state index is 0.0119. The molecule has 27 heavy (non-hydrogen) atoms. The zero-order valence-corrected chi connectivity index (χ0v) is 14.7. The van der Waals surface area contributed by atoms with Gasteiger partial charge in [-0.15, -0.1) is 0 Å². The van der Waals surface area contributed by atoms with Crippen LogP contribution in [0, 0.1) is 0 Å². The fourth-order valence-electron chi connectivity index (χ4n) is 6.53. The molecule has 0 saturated carbocycles. The van der Waals surface area contributed by atoms with E-state index in [9.17, 15) is 10.2 Å². The molecule has 2 bridgehead atoms. The van der Waals surface area contributed by atoms with Crippen molar-refractivity contribution in [1.82, 2.24) is 10.3 Å². The lowest BCUT2D eigenvalue weighted by atomic mass is 9.49. The van der Waals surface area contributed by atoms with Gasteiger partial charge in [0.05, 0.1) is 16.7 Å². The molecule has 1 aromatic heterocycles. The highest BCUT2D eigenvalue weighted by atomic mass is 16.5. The number of aromatic nitrogens is 1. The van der Waals surface area contributed by atoms with Crippen molar-refractivity contribution in [3.05, 3.63) is 58.8 Å². The minimum Gasteiger partial charge on any atom is -0.504 e. The lowest BCUT2D eigenvalue weighted by Gasteiger charge is -2.59. The van der Waals surface area contributed by atoms with Gasteiger partial charge >= 0.3 is 0 Å². The van der Waals surface area contributed by atoms with E-state index < -0.39 is 11.0 Å². The zero-order valence-electron chi connectivity index (χ0n) is 14.7. The van der Waals surface area contributed by atoms with Crippen molar-refractivity contribution in [1.29, 1.82) is 0 Å². The average molecular weight is 360 g/mol. The normalized spacial score (nSPS) is 34.9. The molecular formula is C22H20N2O3. The van der Waals surface area contributed by atoms with Gasteiger partial charge in [-0.05, 0) is 42.6 Å². The second-order valence-corrected chi connectivity index (χ2v) is 8.54. The van der Waals surface area contributed by atoms with Gasteiger partial charge in [0.15, 0.2) is 17.6 Å². The second kappa shape index (κ2) is 4.32. The highest BCUT2D eigenvalue weighted by molar-refractivity contribution is 5.86. The van der Waals surface area contributed by atoms with E-state index in [4.69, 9.17) is 4.74 Å². The van der Waals surface area contributed by atoms with Crippen LogP contribution in [0.2, 0.25) is 0 Å². The molecule has 1 saturated heterocycles. The van der Waals surface area contributed by atoms with E-state index in [2.05, 4.69) is 22.4 Å². The first-order valence-electron chi connectivity index (χ1n) is 9.71. The molecule has 5 heteroatoms. The standard InChI is InChI=1S/C22H20N2O3/c25-15-6-5-11-9-16-22(26)10-13-12-3-1-2-4-14(12)24-18(13)20-21(22,7-8-23-16)17(11)19(15)27-20/h1-6,16,20,23-26H,7-10H2/t16-,20+,21+,22-/m1/s1. The summed E-state index contributed by atoms with van der Waals surface area (Å²) in [6, 6.07) is 12.0. The van der Waals surface area contributed by atoms with Crippen molar-refractivity contribution in [3.63, 3.8) is 0 Å². The summed E-state index contributed by atoms with van der Waals surface area (Å²) in [6.45, 7) is 0.844. The summed E-state index contributed by atoms with van der Waals surface area (Å²) in [7, 11) is 0. The number of ether oxygens (including phenoxy) is 1. The summed E-state index contributed by atoms with van der Waals surface area (Å²) < 4.78 is 6.46. The van der Waals surface area contributed by atoms with Crippen molar-refractivity contribution in [2.75, 3.05) is 6.54 Å². The summed E-state index contributed by atoms with van der Waals surface area (Å²) in [5, 5.41) is 27.5. The van der Waals surface area contributed by atoms with Crippen molar-refractivity contribution in [2.24, 2.45) is 0 Å². The van der Waals surface area contributed by atoms with Crippen molar-refractivity contribution in [3.8, 4) is 11.5 Å². The third kappa shape index (κ3) is 1.39. The largest absolute Gasteiger partial charge is 0.504 e.